The van der Waals surface area contributed by atoms with Crippen molar-refractivity contribution in [2.75, 3.05) is 0 Å². The third kappa shape index (κ3) is 3.24. The normalized spacial score (nSPS) is 16.1. The second-order valence-corrected chi connectivity index (χ2v) is 6.56. The van der Waals surface area contributed by atoms with Gasteiger partial charge in [0.05, 0.1) is 10.5 Å². The molecule has 8 heteroatoms. The summed E-state index contributed by atoms with van der Waals surface area (Å²) < 4.78 is 19.2. The zero-order chi connectivity index (χ0) is 17.3. The van der Waals surface area contributed by atoms with Gasteiger partial charge in [-0.25, -0.2) is 4.39 Å². The Hall–Kier alpha value is -2.45. The predicted molar refractivity (Wildman–Crippen MR) is 92.3 cm³/mol. The van der Waals surface area contributed by atoms with Gasteiger partial charge in [-0.15, -0.1) is 0 Å². The lowest BCUT2D eigenvalue weighted by Gasteiger charge is -2.15. The molecule has 1 fully saturated rings. The van der Waals surface area contributed by atoms with E-state index < -0.39 is 17.6 Å². The zero-order valence-electron chi connectivity index (χ0n) is 12.4. The number of halogens is 1. The van der Waals surface area contributed by atoms with Crippen LogP contribution in [-0.2, 0) is 4.79 Å². The van der Waals surface area contributed by atoms with Gasteiger partial charge in [-0.1, -0.05) is 23.9 Å². The number of carbonyl (C=O) groups excluding carboxylic acids is 2. The molecule has 1 aliphatic rings. The number of furan rings is 1. The van der Waals surface area contributed by atoms with Crippen molar-refractivity contribution < 1.29 is 18.4 Å². The molecular formula is C16H11FN2O3S2. The number of nitrogens with zero attached hydrogens (tertiary/aromatic N) is 1. The summed E-state index contributed by atoms with van der Waals surface area (Å²) in [5.74, 6) is -0.705. The van der Waals surface area contributed by atoms with Crippen molar-refractivity contribution in [3.8, 4) is 0 Å². The highest BCUT2D eigenvalue weighted by atomic mass is 32.2. The van der Waals surface area contributed by atoms with Crippen LogP contribution in [-0.4, -0.2) is 21.1 Å². The molecule has 24 heavy (non-hydrogen) atoms. The summed E-state index contributed by atoms with van der Waals surface area (Å²) in [6.45, 7) is 1.79. The van der Waals surface area contributed by atoms with Crippen LogP contribution in [0.15, 0.2) is 45.7 Å². The molecule has 1 aromatic carbocycles. The Morgan fingerprint density at radius 3 is 2.75 bits per heavy atom. The molecule has 1 saturated heterocycles. The number of benzene rings is 1. The number of nitrogens with one attached hydrogen (secondary N) is 1. The van der Waals surface area contributed by atoms with Gasteiger partial charge < -0.3 is 4.42 Å². The Bertz CT molecular complexity index is 876. The largest absolute Gasteiger partial charge is 0.462 e. The first-order chi connectivity index (χ1) is 11.5. The van der Waals surface area contributed by atoms with Gasteiger partial charge in [0.25, 0.3) is 11.8 Å². The molecule has 1 N–H and O–H groups in total. The maximum atomic E-state index is 13.6. The fraction of sp³-hybridized carbons (Fsp3) is 0.0625. The molecule has 2 aromatic rings. The molecular weight excluding hydrogens is 351 g/mol. The minimum absolute atomic E-state index is 0.152. The molecule has 0 atom stereocenters. The van der Waals surface area contributed by atoms with Gasteiger partial charge >= 0.3 is 0 Å². The van der Waals surface area contributed by atoms with E-state index >= 15 is 0 Å². The monoisotopic (exact) mass is 362 g/mol. The van der Waals surface area contributed by atoms with Crippen LogP contribution in [0.3, 0.4) is 0 Å². The van der Waals surface area contributed by atoms with Crippen LogP contribution < -0.4 is 5.43 Å². The minimum Gasteiger partial charge on any atom is -0.462 e. The molecule has 0 unspecified atom stereocenters. The number of hydrogen-bond acceptors (Lipinski definition) is 5. The van der Waals surface area contributed by atoms with Crippen LogP contribution in [0.2, 0.25) is 0 Å². The summed E-state index contributed by atoms with van der Waals surface area (Å²) in [6, 6.07) is 8.98. The highest BCUT2D eigenvalue weighted by Crippen LogP contribution is 2.31. The topological polar surface area (TPSA) is 62.6 Å². The molecule has 3 rings (SSSR count). The highest BCUT2D eigenvalue weighted by Gasteiger charge is 2.34. The number of thioether (sulfide) groups is 1. The van der Waals surface area contributed by atoms with Crippen molar-refractivity contribution in [3.63, 3.8) is 0 Å². The first-order valence-corrected chi connectivity index (χ1v) is 8.08. The van der Waals surface area contributed by atoms with Crippen LogP contribution in [0.1, 0.15) is 21.9 Å². The van der Waals surface area contributed by atoms with E-state index in [1.165, 1.54) is 24.3 Å². The van der Waals surface area contributed by atoms with Crippen molar-refractivity contribution in [1.82, 2.24) is 10.4 Å². The van der Waals surface area contributed by atoms with E-state index in [2.05, 4.69) is 5.43 Å². The van der Waals surface area contributed by atoms with Gasteiger partial charge in [0.2, 0.25) is 0 Å². The maximum Gasteiger partial charge on any atom is 0.285 e. The lowest BCUT2D eigenvalue weighted by atomic mass is 10.2. The Morgan fingerprint density at radius 1 is 1.33 bits per heavy atom. The Balaban J connectivity index is 1.79. The molecule has 1 aliphatic heterocycles. The minimum atomic E-state index is -0.750. The van der Waals surface area contributed by atoms with Gasteiger partial charge in [-0.2, -0.15) is 5.01 Å². The van der Waals surface area contributed by atoms with Crippen molar-refractivity contribution in [3.05, 3.63) is 64.2 Å². The lowest BCUT2D eigenvalue weighted by Crippen LogP contribution is -2.45. The second kappa shape index (κ2) is 6.58. The third-order valence-electron chi connectivity index (χ3n) is 3.16. The van der Waals surface area contributed by atoms with Crippen LogP contribution in [0.25, 0.3) is 6.08 Å². The van der Waals surface area contributed by atoms with E-state index in [-0.39, 0.29) is 9.88 Å². The summed E-state index contributed by atoms with van der Waals surface area (Å²) in [7, 11) is 0. The Morgan fingerprint density at radius 2 is 2.08 bits per heavy atom. The molecule has 2 amide bonds. The zero-order valence-corrected chi connectivity index (χ0v) is 14.0. The molecule has 0 bridgehead atoms. The van der Waals surface area contributed by atoms with E-state index in [4.69, 9.17) is 16.6 Å². The molecule has 5 nitrogen and oxygen atoms in total. The van der Waals surface area contributed by atoms with Gasteiger partial charge in [0.15, 0.2) is 4.32 Å². The van der Waals surface area contributed by atoms with E-state index in [0.717, 1.165) is 16.8 Å². The number of hydrogen-bond donors (Lipinski definition) is 1. The third-order valence-corrected chi connectivity index (χ3v) is 4.46. The standard InChI is InChI=1S/C16H11FN2O3S2/c1-9-6-7-10(22-9)8-13-15(21)19(16(23)24-13)18-14(20)11-4-2-3-5-12(11)17/h2-8H,1H3,(H,18,20)/b13-8-. The van der Waals surface area contributed by atoms with Gasteiger partial charge in [0, 0.05) is 6.08 Å². The molecule has 2 heterocycles. The maximum absolute atomic E-state index is 13.6. The predicted octanol–water partition coefficient (Wildman–Crippen LogP) is 3.27. The van der Waals surface area contributed by atoms with Gasteiger partial charge in [0.1, 0.15) is 17.3 Å². The molecule has 0 aliphatic carbocycles. The molecule has 0 radical (unpaired) electrons. The quantitative estimate of drug-likeness (QED) is 0.671. The van der Waals surface area contributed by atoms with E-state index in [1.807, 2.05) is 0 Å². The molecule has 0 spiro atoms. The molecule has 1 aromatic heterocycles. The fourth-order valence-electron chi connectivity index (χ4n) is 2.03. The summed E-state index contributed by atoms with van der Waals surface area (Å²) in [5.41, 5.74) is 2.16. The first kappa shape index (κ1) is 16.4. The fourth-order valence-corrected chi connectivity index (χ4v) is 3.19. The van der Waals surface area contributed by atoms with Crippen LogP contribution >= 0.6 is 24.0 Å². The van der Waals surface area contributed by atoms with E-state index in [9.17, 15) is 14.0 Å². The first-order valence-electron chi connectivity index (χ1n) is 6.85. The lowest BCUT2D eigenvalue weighted by molar-refractivity contribution is -0.123. The van der Waals surface area contributed by atoms with Gasteiger partial charge in [-0.05, 0) is 43.4 Å². The SMILES string of the molecule is Cc1ccc(/C=C2\SC(=S)N(NC(=O)c3ccccc3F)C2=O)o1. The Labute approximate surface area is 146 Å². The van der Waals surface area contributed by atoms with Crippen molar-refractivity contribution in [1.29, 1.82) is 0 Å². The van der Waals surface area contributed by atoms with Crippen LogP contribution in [0.4, 0.5) is 4.39 Å². The van der Waals surface area contributed by atoms with Crippen molar-refractivity contribution >= 4 is 46.2 Å². The summed E-state index contributed by atoms with van der Waals surface area (Å²) >= 11 is 6.13. The van der Waals surface area contributed by atoms with Crippen LogP contribution in [0, 0.1) is 12.7 Å². The van der Waals surface area contributed by atoms with E-state index in [1.54, 1.807) is 25.1 Å². The van der Waals surface area contributed by atoms with Gasteiger partial charge in [-0.3, -0.25) is 15.0 Å². The number of carbonyl (C=O) groups is 2. The number of thiocarbonyl (C=S) groups is 1. The molecule has 0 saturated carbocycles. The molecule has 122 valence electrons. The number of rotatable bonds is 3. The summed E-state index contributed by atoms with van der Waals surface area (Å²) in [5, 5.41) is 0.927. The summed E-state index contributed by atoms with van der Waals surface area (Å²) in [4.78, 5) is 24.8. The van der Waals surface area contributed by atoms with E-state index in [0.29, 0.717) is 16.4 Å². The number of amides is 2. The number of hydrazine groups is 1. The van der Waals surface area contributed by atoms with Crippen molar-refractivity contribution in [2.24, 2.45) is 0 Å². The average molecular weight is 362 g/mol. The number of aryl methyl sites for hydroxylation is 1. The Kier molecular flexibility index (Phi) is 4.50. The highest BCUT2D eigenvalue weighted by molar-refractivity contribution is 8.26. The summed E-state index contributed by atoms with van der Waals surface area (Å²) in [6.07, 6.45) is 1.54. The van der Waals surface area contributed by atoms with Crippen LogP contribution in [0.5, 0.6) is 0 Å². The second-order valence-electron chi connectivity index (χ2n) is 4.89. The van der Waals surface area contributed by atoms with Crippen molar-refractivity contribution in [2.45, 2.75) is 6.92 Å². The average Bonchev–Trinajstić information content (AvgIpc) is 3.06. The smallest absolute Gasteiger partial charge is 0.285 e.